The lowest BCUT2D eigenvalue weighted by molar-refractivity contribution is -0.192. The molecule has 0 aliphatic carbocycles. The van der Waals surface area contributed by atoms with E-state index in [2.05, 4.69) is 15.3 Å². The maximum atomic E-state index is 14.7. The van der Waals surface area contributed by atoms with Crippen LogP contribution in [0.15, 0.2) is 40.2 Å². The van der Waals surface area contributed by atoms with Gasteiger partial charge in [0.05, 0.1) is 28.3 Å². The number of halogens is 5. The third-order valence-electron chi connectivity index (χ3n) is 5.76. The number of nitrogens with one attached hydrogen (secondary N) is 1. The minimum absolute atomic E-state index is 0.0321. The lowest BCUT2D eigenvalue weighted by Crippen LogP contribution is -2.38. The van der Waals surface area contributed by atoms with Gasteiger partial charge in [-0.2, -0.15) is 13.2 Å². The molecule has 0 saturated carbocycles. The first-order valence-corrected chi connectivity index (χ1v) is 14.2. The SMILES string of the molecule is Cc1nc(S(=O)(=O)Cc2cscn2)ccc1NCc1c(F)ccc(F)c1CN(C)C(C)(C)C.O=C(O)C(F)(F)F. The molecule has 0 bridgehead atoms. The van der Waals surface area contributed by atoms with Crippen molar-refractivity contribution in [2.45, 2.75) is 63.3 Å². The van der Waals surface area contributed by atoms with Crippen LogP contribution in [0.4, 0.5) is 27.6 Å². The zero-order chi connectivity index (χ0) is 30.5. The van der Waals surface area contributed by atoms with Crippen LogP contribution in [0, 0.1) is 18.6 Å². The highest BCUT2D eigenvalue weighted by atomic mass is 32.2. The molecule has 3 aromatic rings. The smallest absolute Gasteiger partial charge is 0.475 e. The quantitative estimate of drug-likeness (QED) is 0.319. The molecule has 0 aliphatic rings. The van der Waals surface area contributed by atoms with Gasteiger partial charge in [0.1, 0.15) is 11.6 Å². The molecule has 0 aliphatic heterocycles. The van der Waals surface area contributed by atoms with Gasteiger partial charge in [-0.1, -0.05) is 0 Å². The molecule has 2 aromatic heterocycles. The van der Waals surface area contributed by atoms with Gasteiger partial charge in [0.15, 0.2) is 5.03 Å². The second kappa shape index (κ2) is 13.0. The Kier molecular flexibility index (Phi) is 10.7. The topological polar surface area (TPSA) is 112 Å². The molecular formula is C25H29F5N4O4S2. The number of benzene rings is 1. The van der Waals surface area contributed by atoms with Crippen LogP contribution in [0.1, 0.15) is 43.3 Å². The summed E-state index contributed by atoms with van der Waals surface area (Å²) >= 11 is 1.33. The lowest BCUT2D eigenvalue weighted by atomic mass is 10.0. The van der Waals surface area contributed by atoms with Crippen molar-refractivity contribution in [3.63, 3.8) is 0 Å². The van der Waals surface area contributed by atoms with E-state index in [1.807, 2.05) is 32.7 Å². The van der Waals surface area contributed by atoms with Crippen molar-refractivity contribution in [2.24, 2.45) is 0 Å². The number of alkyl halides is 3. The van der Waals surface area contributed by atoms with Crippen LogP contribution < -0.4 is 5.32 Å². The maximum absolute atomic E-state index is 14.7. The van der Waals surface area contributed by atoms with Gasteiger partial charge in [0, 0.05) is 35.1 Å². The number of carboxylic acids is 1. The number of aryl methyl sites for hydroxylation is 1. The number of carbonyl (C=O) groups is 1. The molecule has 0 amide bonds. The van der Waals surface area contributed by atoms with E-state index in [0.717, 1.165) is 12.1 Å². The molecule has 0 saturated heterocycles. The number of hydrogen-bond acceptors (Lipinski definition) is 8. The summed E-state index contributed by atoms with van der Waals surface area (Å²) < 4.78 is 86.3. The van der Waals surface area contributed by atoms with E-state index in [9.17, 15) is 30.4 Å². The van der Waals surface area contributed by atoms with E-state index < -0.39 is 33.6 Å². The Bertz CT molecular complexity index is 1420. The van der Waals surface area contributed by atoms with Crippen molar-refractivity contribution in [1.82, 2.24) is 14.9 Å². The molecule has 2 N–H and O–H groups in total. The van der Waals surface area contributed by atoms with E-state index >= 15 is 0 Å². The number of pyridine rings is 1. The van der Waals surface area contributed by atoms with Crippen LogP contribution in [0.3, 0.4) is 0 Å². The fourth-order valence-corrected chi connectivity index (χ4v) is 5.04. The average molecular weight is 609 g/mol. The molecule has 8 nitrogen and oxygen atoms in total. The molecule has 0 unspecified atom stereocenters. The van der Waals surface area contributed by atoms with Crippen LogP contribution in [0.2, 0.25) is 0 Å². The first kappa shape index (κ1) is 33.0. The zero-order valence-corrected chi connectivity index (χ0v) is 23.9. The van der Waals surface area contributed by atoms with Gasteiger partial charge in [0.25, 0.3) is 0 Å². The Morgan fingerprint density at radius 2 is 1.65 bits per heavy atom. The van der Waals surface area contributed by atoms with E-state index in [1.54, 1.807) is 23.9 Å². The van der Waals surface area contributed by atoms with E-state index in [0.29, 0.717) is 17.1 Å². The summed E-state index contributed by atoms with van der Waals surface area (Å²) in [6, 6.07) is 5.26. The minimum Gasteiger partial charge on any atom is -0.475 e. The Balaban J connectivity index is 0.000000708. The highest BCUT2D eigenvalue weighted by Gasteiger charge is 2.38. The van der Waals surface area contributed by atoms with Gasteiger partial charge in [-0.05, 0) is 59.0 Å². The first-order chi connectivity index (χ1) is 18.3. The predicted octanol–water partition coefficient (Wildman–Crippen LogP) is 5.57. The third-order valence-corrected chi connectivity index (χ3v) is 7.93. The molecule has 0 spiro atoms. The summed E-state index contributed by atoms with van der Waals surface area (Å²) in [7, 11) is -1.78. The van der Waals surface area contributed by atoms with Gasteiger partial charge < -0.3 is 10.4 Å². The van der Waals surface area contributed by atoms with Crippen LogP contribution in [-0.2, 0) is 33.5 Å². The monoisotopic (exact) mass is 608 g/mol. The largest absolute Gasteiger partial charge is 0.490 e. The summed E-state index contributed by atoms with van der Waals surface area (Å²) in [5.74, 6) is -3.96. The van der Waals surface area contributed by atoms with Crippen LogP contribution in [-0.4, -0.2) is 53.1 Å². The Hall–Kier alpha value is -3.17. The molecule has 0 atom stereocenters. The summed E-state index contributed by atoms with van der Waals surface area (Å²) in [6.07, 6.45) is -5.08. The summed E-state index contributed by atoms with van der Waals surface area (Å²) in [5, 5.41) is 11.8. The third kappa shape index (κ3) is 9.20. The number of anilines is 1. The Morgan fingerprint density at radius 1 is 1.07 bits per heavy atom. The normalized spacial score (nSPS) is 12.2. The van der Waals surface area contributed by atoms with Gasteiger partial charge in [-0.15, -0.1) is 11.3 Å². The number of aromatic nitrogens is 2. The zero-order valence-electron chi connectivity index (χ0n) is 22.3. The van der Waals surface area contributed by atoms with Crippen molar-refractivity contribution in [2.75, 3.05) is 12.4 Å². The van der Waals surface area contributed by atoms with Crippen LogP contribution in [0.5, 0.6) is 0 Å². The molecule has 220 valence electrons. The van der Waals surface area contributed by atoms with Gasteiger partial charge in [-0.25, -0.2) is 32.0 Å². The van der Waals surface area contributed by atoms with Gasteiger partial charge in [0.2, 0.25) is 9.84 Å². The molecular weight excluding hydrogens is 579 g/mol. The van der Waals surface area contributed by atoms with Gasteiger partial charge >= 0.3 is 12.1 Å². The number of sulfone groups is 1. The Morgan fingerprint density at radius 3 is 2.12 bits per heavy atom. The fraction of sp³-hybridized carbons (Fsp3) is 0.400. The van der Waals surface area contributed by atoms with E-state index in [4.69, 9.17) is 9.90 Å². The highest BCUT2D eigenvalue weighted by molar-refractivity contribution is 7.90. The highest BCUT2D eigenvalue weighted by Crippen LogP contribution is 2.25. The summed E-state index contributed by atoms with van der Waals surface area (Å²) in [4.78, 5) is 19.1. The molecule has 3 rings (SSSR count). The van der Waals surface area contributed by atoms with Crippen molar-refractivity contribution >= 4 is 32.8 Å². The van der Waals surface area contributed by atoms with Crippen molar-refractivity contribution in [1.29, 1.82) is 0 Å². The number of hydrogen-bond donors (Lipinski definition) is 2. The maximum Gasteiger partial charge on any atom is 0.490 e. The van der Waals surface area contributed by atoms with Crippen molar-refractivity contribution in [3.05, 3.63) is 69.3 Å². The van der Waals surface area contributed by atoms with E-state index in [-0.39, 0.29) is 40.5 Å². The summed E-state index contributed by atoms with van der Waals surface area (Å²) in [5.41, 5.74) is 3.33. The molecule has 2 heterocycles. The fourth-order valence-electron chi connectivity index (χ4n) is 3.13. The Labute approximate surface area is 232 Å². The standard InChI is InChI=1S/C23H28F2N4O2S2.C2HF3O2/c1-15-21(8-9-22(28-15)33(30,31)13-16-12-32-14-27-16)26-10-17-18(11-29(5)23(2,3)4)20(25)7-6-19(17)24;3-2(4,5)1(6)7/h6-9,12,14,26H,10-11,13H2,1-5H3;(H,6,7). The second-order valence-electron chi connectivity index (χ2n) is 9.69. The molecule has 0 fully saturated rings. The molecule has 1 aromatic carbocycles. The number of nitrogens with zero attached hydrogens (tertiary/aromatic N) is 3. The predicted molar refractivity (Wildman–Crippen MR) is 141 cm³/mol. The van der Waals surface area contributed by atoms with E-state index in [1.165, 1.54) is 17.4 Å². The second-order valence-corrected chi connectivity index (χ2v) is 12.3. The molecule has 40 heavy (non-hydrogen) atoms. The molecule has 15 heteroatoms. The van der Waals surface area contributed by atoms with Crippen molar-refractivity contribution < 1.29 is 40.3 Å². The first-order valence-electron chi connectivity index (χ1n) is 11.6. The summed E-state index contributed by atoms with van der Waals surface area (Å²) in [6.45, 7) is 7.95. The van der Waals surface area contributed by atoms with Crippen LogP contribution >= 0.6 is 11.3 Å². The average Bonchev–Trinajstić information content (AvgIpc) is 3.33. The van der Waals surface area contributed by atoms with Gasteiger partial charge in [-0.3, -0.25) is 4.90 Å². The number of rotatable bonds is 8. The lowest BCUT2D eigenvalue weighted by Gasteiger charge is -2.32. The number of carboxylic acid groups (broad SMARTS) is 1. The number of aliphatic carboxylic acids is 1. The number of thiazole rings is 1. The van der Waals surface area contributed by atoms with Crippen LogP contribution in [0.25, 0.3) is 0 Å². The minimum atomic E-state index is -5.08. The van der Waals surface area contributed by atoms with Crippen molar-refractivity contribution in [3.8, 4) is 0 Å². The molecule has 0 radical (unpaired) electrons.